The number of nitrogens with one attached hydrogen (secondary N) is 1. The van der Waals surface area contributed by atoms with Gasteiger partial charge in [0.05, 0.1) is 46.2 Å². The van der Waals surface area contributed by atoms with Gasteiger partial charge in [0.1, 0.15) is 30.3 Å². The van der Waals surface area contributed by atoms with Crippen molar-refractivity contribution < 1.29 is 78.5 Å². The molecule has 6 fully saturated rings. The number of methoxy groups -OCH3 is 2. The average Bonchev–Trinajstić information content (AvgIpc) is 3.31. The summed E-state index contributed by atoms with van der Waals surface area (Å²) in [6, 6.07) is 9.75. The maximum Gasteiger partial charge on any atom is 0.416 e. The number of esters is 2. The first-order valence-electron chi connectivity index (χ1n) is 21.6. The summed E-state index contributed by atoms with van der Waals surface area (Å²) in [6.07, 6.45) is -2.59. The van der Waals surface area contributed by atoms with Crippen molar-refractivity contribution in [3.8, 4) is 0 Å². The summed E-state index contributed by atoms with van der Waals surface area (Å²) in [5, 5.41) is 10.2. The van der Waals surface area contributed by atoms with Crippen LogP contribution in [0, 0.1) is 39.9 Å². The van der Waals surface area contributed by atoms with Crippen LogP contribution in [0.4, 0.5) is 46.8 Å². The lowest BCUT2D eigenvalue weighted by Gasteiger charge is -2.71. The second kappa shape index (κ2) is 25.1. The SMILES string of the molecule is COC(=O)C12CC(C(C(=O)Nc3ncc(Cl)cc3F)N(Cc3ccc(C(F)(F)F)cc3)C(=O)CCl)(C1)C2.COC(=O)C12CC(C=O)(C1)C2.NCc1ccc(C(F)(F)F)cc1.O=C(O)CCl.[C-]#[N+]c1ncc(Cl)cc1F. The molecule has 4 bridgehead atoms. The first-order valence-corrected chi connectivity index (χ1v) is 23.5. The second-order valence-electron chi connectivity index (χ2n) is 17.7. The maximum atomic E-state index is 14.4. The van der Waals surface area contributed by atoms with Crippen LogP contribution in [0.15, 0.2) is 73.1 Å². The number of alkyl halides is 8. The van der Waals surface area contributed by atoms with Gasteiger partial charge in [0, 0.05) is 30.1 Å². The maximum absolute atomic E-state index is 14.4. The number of amides is 2. The Morgan fingerprint density at radius 1 is 0.787 bits per heavy atom. The molecule has 0 radical (unpaired) electrons. The number of ether oxygens (including phenoxy) is 2. The number of carbonyl (C=O) groups excluding carboxylic acids is 5. The van der Waals surface area contributed by atoms with Gasteiger partial charge in [0.25, 0.3) is 0 Å². The Labute approximate surface area is 442 Å². The highest BCUT2D eigenvalue weighted by Gasteiger charge is 2.77. The van der Waals surface area contributed by atoms with Crippen LogP contribution >= 0.6 is 46.4 Å². The molecule has 2 aromatic carbocycles. The van der Waals surface area contributed by atoms with Crippen LogP contribution in [0.1, 0.15) is 60.8 Å². The van der Waals surface area contributed by atoms with Gasteiger partial charge < -0.3 is 40.2 Å². The topological polar surface area (TPSA) is 213 Å². The lowest BCUT2D eigenvalue weighted by atomic mass is 9.33. The normalized spacial score (nSPS) is 21.4. The van der Waals surface area contributed by atoms with Gasteiger partial charge in [0.15, 0.2) is 17.5 Å². The van der Waals surface area contributed by atoms with Crippen LogP contribution in [-0.4, -0.2) is 88.0 Å². The van der Waals surface area contributed by atoms with Crippen molar-refractivity contribution in [3.63, 3.8) is 0 Å². The summed E-state index contributed by atoms with van der Waals surface area (Å²) in [5.74, 6) is -6.06. The highest BCUT2D eigenvalue weighted by atomic mass is 35.5. The molecule has 27 heteroatoms. The zero-order chi connectivity index (χ0) is 56.3. The Bertz CT molecular complexity index is 2750. The number of aliphatic carboxylic acids is 1. The Kier molecular flexibility index (Phi) is 20.5. The number of halogens is 12. The van der Waals surface area contributed by atoms with Gasteiger partial charge >= 0.3 is 36.1 Å². The van der Waals surface area contributed by atoms with Crippen molar-refractivity contribution >= 4 is 94.0 Å². The molecule has 4 aromatic rings. The molecular formula is C48H44Cl4F8N6O9. The molecule has 0 aliphatic heterocycles. The first kappa shape index (κ1) is 61.4. The molecule has 1 unspecified atom stereocenters. The molecule has 0 spiro atoms. The number of hydrogen-bond donors (Lipinski definition) is 3. The van der Waals surface area contributed by atoms with E-state index in [0.29, 0.717) is 11.1 Å². The number of anilines is 1. The van der Waals surface area contributed by atoms with E-state index in [4.69, 9.17) is 68.6 Å². The third kappa shape index (κ3) is 14.8. The number of nitrogens with zero attached hydrogens (tertiary/aromatic N) is 4. The molecule has 6 aliphatic carbocycles. The highest BCUT2D eigenvalue weighted by molar-refractivity contribution is 6.30. The first-order chi connectivity index (χ1) is 35.0. The zero-order valence-corrected chi connectivity index (χ0v) is 42.3. The van der Waals surface area contributed by atoms with E-state index in [-0.39, 0.29) is 70.9 Å². The number of nitrogens with two attached hydrogens (primary N) is 1. The van der Waals surface area contributed by atoms with Crippen LogP contribution in [0.5, 0.6) is 0 Å². The van der Waals surface area contributed by atoms with Crippen molar-refractivity contribution in [3.05, 3.63) is 128 Å². The zero-order valence-electron chi connectivity index (χ0n) is 39.3. The number of aromatic nitrogens is 2. The molecule has 75 heavy (non-hydrogen) atoms. The summed E-state index contributed by atoms with van der Waals surface area (Å²) in [7, 11) is 2.65. The lowest BCUT2D eigenvalue weighted by molar-refractivity contribution is -0.244. The lowest BCUT2D eigenvalue weighted by Crippen LogP contribution is -2.75. The van der Waals surface area contributed by atoms with Crippen LogP contribution in [0.3, 0.4) is 0 Å². The van der Waals surface area contributed by atoms with E-state index >= 15 is 0 Å². The summed E-state index contributed by atoms with van der Waals surface area (Å²) in [4.78, 5) is 80.7. The monoisotopic (exact) mass is 1140 g/mol. The fraction of sp³-hybridized carbons (Fsp3) is 0.396. The summed E-state index contributed by atoms with van der Waals surface area (Å²) < 4.78 is 111. The van der Waals surface area contributed by atoms with Crippen molar-refractivity contribution in [1.82, 2.24) is 14.9 Å². The predicted octanol–water partition coefficient (Wildman–Crippen LogP) is 10.2. The fourth-order valence-corrected chi connectivity index (χ4v) is 9.61. The standard InChI is InChI=1S/C24H21Cl2F4N3O4.C8H8F3N.C8H10O3.C6H2ClFN2.C2H3ClO2/c1-37-21(36)23-10-22(11-23,12-23)18(20(35)32-19-16(27)6-15(26)8-31-19)33(17(34)7-25)9-13-2-4-14(5-3-13)24(28,29)30;9-8(10,11)7-3-1-6(5-12)2-4-7;1-11-6(10)8-2-7(3-8,4-8)5-9;1-9-6-5(8)2-4(7)3-10-6;3-1-2(4)5/h2-6,8,18H,7,9-12H2,1H3,(H,31,32,35);1-4H,5,12H2;5H,2-4H2,1H3;2-3H;1H2,(H,4,5). The van der Waals surface area contributed by atoms with Gasteiger partial charge in [-0.25, -0.2) is 13.8 Å². The number of rotatable bonds is 12. The van der Waals surface area contributed by atoms with Crippen LogP contribution in [-0.2, 0) is 63.7 Å². The number of pyridine rings is 2. The van der Waals surface area contributed by atoms with E-state index in [0.717, 1.165) is 73.0 Å². The van der Waals surface area contributed by atoms with E-state index < -0.39 is 87.4 Å². The van der Waals surface area contributed by atoms with Crippen LogP contribution in [0.2, 0.25) is 10.0 Å². The third-order valence-electron chi connectivity index (χ3n) is 12.4. The Morgan fingerprint density at radius 2 is 1.23 bits per heavy atom. The molecule has 404 valence electrons. The van der Waals surface area contributed by atoms with E-state index in [1.165, 1.54) is 44.7 Å². The van der Waals surface area contributed by atoms with Gasteiger partial charge in [-0.3, -0.25) is 24.0 Å². The van der Waals surface area contributed by atoms with Crippen LogP contribution < -0.4 is 11.1 Å². The van der Waals surface area contributed by atoms with Crippen molar-refractivity contribution in [2.24, 2.45) is 27.4 Å². The van der Waals surface area contributed by atoms with Gasteiger partial charge in [-0.15, -0.1) is 28.2 Å². The molecule has 1 atom stereocenters. The quantitative estimate of drug-likeness (QED) is 0.0398. The van der Waals surface area contributed by atoms with E-state index in [1.807, 2.05) is 0 Å². The average molecular weight is 1140 g/mol. The molecule has 10 rings (SSSR count). The summed E-state index contributed by atoms with van der Waals surface area (Å²) in [6.45, 7) is 6.45. The Morgan fingerprint density at radius 3 is 1.60 bits per heavy atom. The molecule has 6 saturated carbocycles. The minimum Gasteiger partial charge on any atom is -0.480 e. The van der Waals surface area contributed by atoms with E-state index in [2.05, 4.69) is 24.9 Å². The van der Waals surface area contributed by atoms with Crippen LogP contribution in [0.25, 0.3) is 4.85 Å². The Balaban J connectivity index is 0.000000256. The number of hydrogen-bond acceptors (Lipinski definition) is 11. The van der Waals surface area contributed by atoms with Crippen molar-refractivity contribution in [2.45, 2.75) is 70.0 Å². The minimum absolute atomic E-state index is 0.00717. The molecule has 2 amide bonds. The largest absolute Gasteiger partial charge is 0.480 e. The summed E-state index contributed by atoms with van der Waals surface area (Å²) in [5.41, 5.74) is 2.73. The van der Waals surface area contributed by atoms with Gasteiger partial charge in [-0.1, -0.05) is 54.0 Å². The highest BCUT2D eigenvalue weighted by Crippen LogP contribution is 2.76. The number of aldehydes is 1. The smallest absolute Gasteiger partial charge is 0.416 e. The van der Waals surface area contributed by atoms with Gasteiger partial charge in [-0.05, 0) is 86.1 Å². The number of benzene rings is 2. The van der Waals surface area contributed by atoms with Gasteiger partial charge in [0.2, 0.25) is 11.8 Å². The van der Waals surface area contributed by atoms with Crippen molar-refractivity contribution in [2.75, 3.05) is 31.3 Å². The fourth-order valence-electron chi connectivity index (χ4n) is 9.17. The molecule has 15 nitrogen and oxygen atoms in total. The molecular weight excluding hydrogens is 1100 g/mol. The van der Waals surface area contributed by atoms with E-state index in [1.54, 1.807) is 0 Å². The molecule has 0 saturated heterocycles. The van der Waals surface area contributed by atoms with Crippen molar-refractivity contribution in [1.29, 1.82) is 0 Å². The molecule has 2 aromatic heterocycles. The molecule has 2 heterocycles. The van der Waals surface area contributed by atoms with E-state index in [9.17, 15) is 63.9 Å². The molecule has 6 aliphatic rings. The Hall–Kier alpha value is -6.19. The number of carboxylic acids is 1. The second-order valence-corrected chi connectivity index (χ2v) is 19.1. The number of carbonyl (C=O) groups is 6. The third-order valence-corrected chi connectivity index (χ3v) is 13.3. The van der Waals surface area contributed by atoms with Gasteiger partial charge in [-0.2, -0.15) is 26.3 Å². The predicted molar refractivity (Wildman–Crippen MR) is 255 cm³/mol. The number of carboxylic acid groups (broad SMARTS) is 1. The molecule has 4 N–H and O–H groups in total. The summed E-state index contributed by atoms with van der Waals surface area (Å²) >= 11 is 21.7. The minimum atomic E-state index is -4.55.